The molecule has 8 heteroatoms. The first kappa shape index (κ1) is 19.4. The first-order chi connectivity index (χ1) is 11.8. The number of halogens is 1. The van der Waals surface area contributed by atoms with Gasteiger partial charge in [0, 0.05) is 23.1 Å². The third-order valence-electron chi connectivity index (χ3n) is 3.41. The maximum absolute atomic E-state index is 12.3. The molecule has 25 heavy (non-hydrogen) atoms. The van der Waals surface area contributed by atoms with Crippen LogP contribution in [0.5, 0.6) is 5.75 Å². The molecule has 2 aromatic carbocycles. The number of hydrogen-bond donors (Lipinski definition) is 2. The lowest BCUT2D eigenvalue weighted by atomic mass is 10.2. The maximum atomic E-state index is 12.3. The highest BCUT2D eigenvalue weighted by Crippen LogP contribution is 2.22. The summed E-state index contributed by atoms with van der Waals surface area (Å²) in [6, 6.07) is 11.7. The van der Waals surface area contributed by atoms with Crippen LogP contribution in [0.25, 0.3) is 0 Å². The Balaban J connectivity index is 1.90. The van der Waals surface area contributed by atoms with Crippen molar-refractivity contribution in [3.05, 3.63) is 58.1 Å². The molecule has 0 aromatic heterocycles. The molecule has 0 saturated carbocycles. The van der Waals surface area contributed by atoms with Crippen molar-refractivity contribution >= 4 is 31.9 Å². The van der Waals surface area contributed by atoms with Crippen LogP contribution in [-0.2, 0) is 10.0 Å². The minimum atomic E-state index is -3.65. The van der Waals surface area contributed by atoms with Crippen LogP contribution in [0.4, 0.5) is 0 Å². The third kappa shape index (κ3) is 5.29. The molecule has 0 fully saturated rings. The van der Waals surface area contributed by atoms with E-state index >= 15 is 0 Å². The zero-order valence-electron chi connectivity index (χ0n) is 13.9. The van der Waals surface area contributed by atoms with Gasteiger partial charge >= 0.3 is 0 Å². The fourth-order valence-corrected chi connectivity index (χ4v) is 4.35. The van der Waals surface area contributed by atoms with Crippen LogP contribution in [0.2, 0.25) is 0 Å². The predicted molar refractivity (Wildman–Crippen MR) is 99.4 cm³/mol. The molecular formula is C17H19BrN2O4S. The Morgan fingerprint density at radius 3 is 2.60 bits per heavy atom. The van der Waals surface area contributed by atoms with E-state index in [-0.39, 0.29) is 23.9 Å². The summed E-state index contributed by atoms with van der Waals surface area (Å²) in [7, 11) is -2.13. The molecule has 2 rings (SSSR count). The molecule has 0 bridgehead atoms. The fourth-order valence-electron chi connectivity index (χ4n) is 2.13. The number of amides is 1. The second-order valence-electron chi connectivity index (χ2n) is 5.32. The monoisotopic (exact) mass is 426 g/mol. The second kappa shape index (κ2) is 8.46. The Morgan fingerprint density at radius 2 is 1.92 bits per heavy atom. The van der Waals surface area contributed by atoms with Gasteiger partial charge in [0.15, 0.2) is 0 Å². The van der Waals surface area contributed by atoms with Crippen LogP contribution in [0.1, 0.15) is 15.9 Å². The van der Waals surface area contributed by atoms with Crippen molar-refractivity contribution in [3.8, 4) is 5.75 Å². The average Bonchev–Trinajstić information content (AvgIpc) is 2.58. The molecule has 6 nitrogen and oxygen atoms in total. The number of rotatable bonds is 7. The van der Waals surface area contributed by atoms with Gasteiger partial charge in [-0.2, -0.15) is 0 Å². The largest absolute Gasteiger partial charge is 0.497 e. The van der Waals surface area contributed by atoms with Crippen LogP contribution >= 0.6 is 15.9 Å². The standard InChI is InChI=1S/C17H19BrN2O4S/c1-12-6-7-16(15(18)10-12)25(22,23)20-9-8-19-17(21)13-4-3-5-14(11-13)24-2/h3-7,10-11,20H,8-9H2,1-2H3,(H,19,21). The molecule has 0 saturated heterocycles. The number of ether oxygens (including phenoxy) is 1. The molecule has 1 amide bonds. The Morgan fingerprint density at radius 1 is 1.16 bits per heavy atom. The van der Waals surface area contributed by atoms with Crippen LogP contribution in [0.3, 0.4) is 0 Å². The van der Waals surface area contributed by atoms with Crippen molar-refractivity contribution in [1.29, 1.82) is 0 Å². The van der Waals surface area contributed by atoms with E-state index in [1.165, 1.54) is 13.2 Å². The van der Waals surface area contributed by atoms with Crippen LogP contribution in [-0.4, -0.2) is 34.5 Å². The van der Waals surface area contributed by atoms with Crippen molar-refractivity contribution in [3.63, 3.8) is 0 Å². The molecule has 0 unspecified atom stereocenters. The van der Waals surface area contributed by atoms with Crippen molar-refractivity contribution in [1.82, 2.24) is 10.0 Å². The lowest BCUT2D eigenvalue weighted by molar-refractivity contribution is 0.0954. The normalized spacial score (nSPS) is 11.2. The molecule has 0 heterocycles. The Labute approximate surface area is 155 Å². The number of aryl methyl sites for hydroxylation is 1. The summed E-state index contributed by atoms with van der Waals surface area (Å²) in [6.07, 6.45) is 0. The van der Waals surface area contributed by atoms with E-state index in [4.69, 9.17) is 4.74 Å². The van der Waals surface area contributed by atoms with Crippen molar-refractivity contribution in [2.75, 3.05) is 20.2 Å². The van der Waals surface area contributed by atoms with Gasteiger partial charge in [0.05, 0.1) is 12.0 Å². The van der Waals surface area contributed by atoms with Gasteiger partial charge < -0.3 is 10.1 Å². The van der Waals surface area contributed by atoms with Crippen LogP contribution in [0.15, 0.2) is 51.8 Å². The number of hydrogen-bond acceptors (Lipinski definition) is 4. The predicted octanol–water partition coefficient (Wildman–Crippen LogP) is 2.47. The lowest BCUT2D eigenvalue weighted by Gasteiger charge is -2.10. The minimum absolute atomic E-state index is 0.0817. The van der Waals surface area contributed by atoms with Gasteiger partial charge in [-0.15, -0.1) is 0 Å². The maximum Gasteiger partial charge on any atom is 0.251 e. The van der Waals surface area contributed by atoms with E-state index in [0.29, 0.717) is 15.8 Å². The number of sulfonamides is 1. The highest BCUT2D eigenvalue weighted by Gasteiger charge is 2.17. The molecule has 0 radical (unpaired) electrons. The lowest BCUT2D eigenvalue weighted by Crippen LogP contribution is -2.34. The second-order valence-corrected chi connectivity index (χ2v) is 7.91. The van der Waals surface area contributed by atoms with Crippen molar-refractivity contribution in [2.45, 2.75) is 11.8 Å². The Kier molecular flexibility index (Phi) is 6.57. The first-order valence-corrected chi connectivity index (χ1v) is 9.79. The zero-order chi connectivity index (χ0) is 18.4. The topological polar surface area (TPSA) is 84.5 Å². The molecular weight excluding hydrogens is 408 g/mol. The molecule has 0 aliphatic rings. The summed E-state index contributed by atoms with van der Waals surface area (Å²) in [4.78, 5) is 12.2. The summed E-state index contributed by atoms with van der Waals surface area (Å²) >= 11 is 3.26. The number of benzene rings is 2. The highest BCUT2D eigenvalue weighted by molar-refractivity contribution is 9.10. The van der Waals surface area contributed by atoms with Gasteiger partial charge in [-0.1, -0.05) is 12.1 Å². The van der Waals surface area contributed by atoms with Crippen LogP contribution < -0.4 is 14.8 Å². The van der Waals surface area contributed by atoms with Gasteiger partial charge in [0.1, 0.15) is 5.75 Å². The quantitative estimate of drug-likeness (QED) is 0.665. The van der Waals surface area contributed by atoms with E-state index in [1.54, 1.807) is 36.4 Å². The number of carbonyl (C=O) groups is 1. The summed E-state index contributed by atoms with van der Waals surface area (Å²) in [5.74, 6) is 0.284. The number of nitrogens with one attached hydrogen (secondary N) is 2. The number of carbonyl (C=O) groups excluding carboxylic acids is 1. The smallest absolute Gasteiger partial charge is 0.251 e. The van der Waals surface area contributed by atoms with Crippen molar-refractivity contribution in [2.24, 2.45) is 0 Å². The number of methoxy groups -OCH3 is 1. The van der Waals surface area contributed by atoms with Gasteiger partial charge in [-0.25, -0.2) is 13.1 Å². The third-order valence-corrected chi connectivity index (χ3v) is 5.85. The minimum Gasteiger partial charge on any atom is -0.497 e. The van der Waals surface area contributed by atoms with E-state index in [0.717, 1.165) is 5.56 Å². The summed E-state index contributed by atoms with van der Waals surface area (Å²) in [5, 5.41) is 2.66. The zero-order valence-corrected chi connectivity index (χ0v) is 16.3. The summed E-state index contributed by atoms with van der Waals surface area (Å²) < 4.78 is 32.6. The highest BCUT2D eigenvalue weighted by atomic mass is 79.9. The molecule has 2 N–H and O–H groups in total. The SMILES string of the molecule is COc1cccc(C(=O)NCCNS(=O)(=O)c2ccc(C)cc2Br)c1. The Hall–Kier alpha value is -1.90. The molecule has 134 valence electrons. The summed E-state index contributed by atoms with van der Waals surface area (Å²) in [5.41, 5.74) is 1.40. The van der Waals surface area contributed by atoms with Crippen molar-refractivity contribution < 1.29 is 17.9 Å². The van der Waals surface area contributed by atoms with E-state index in [2.05, 4.69) is 26.0 Å². The Bertz CT molecular complexity index is 869. The first-order valence-electron chi connectivity index (χ1n) is 7.51. The molecule has 0 spiro atoms. The van der Waals surface area contributed by atoms with Gasteiger partial charge in [0.25, 0.3) is 5.91 Å². The fraction of sp³-hybridized carbons (Fsp3) is 0.235. The van der Waals surface area contributed by atoms with E-state index in [1.807, 2.05) is 6.92 Å². The van der Waals surface area contributed by atoms with E-state index < -0.39 is 10.0 Å². The molecule has 0 aliphatic carbocycles. The molecule has 0 atom stereocenters. The molecule has 2 aromatic rings. The van der Waals surface area contributed by atoms with E-state index in [9.17, 15) is 13.2 Å². The van der Waals surface area contributed by atoms with Gasteiger partial charge in [-0.05, 0) is 58.7 Å². The summed E-state index contributed by atoms with van der Waals surface area (Å²) in [6.45, 7) is 2.12. The van der Waals surface area contributed by atoms with Crippen LogP contribution in [0, 0.1) is 6.92 Å². The average molecular weight is 427 g/mol. The van der Waals surface area contributed by atoms with Gasteiger partial charge in [0.2, 0.25) is 10.0 Å². The van der Waals surface area contributed by atoms with Gasteiger partial charge in [-0.3, -0.25) is 4.79 Å². The molecule has 0 aliphatic heterocycles.